The molecule has 0 N–H and O–H groups in total. The molecule has 0 radical (unpaired) electrons. The van der Waals surface area contributed by atoms with Crippen LogP contribution in [0.15, 0.2) is 243 Å². The van der Waals surface area contributed by atoms with Crippen molar-refractivity contribution < 1.29 is 0 Å². The summed E-state index contributed by atoms with van der Waals surface area (Å²) in [5.41, 5.74) is 18.9. The van der Waals surface area contributed by atoms with E-state index in [0.717, 1.165) is 17.1 Å². The number of fused-ring (bicyclic) bond motifs is 4. The molecule has 0 aromatic heterocycles. The van der Waals surface area contributed by atoms with E-state index in [1.165, 1.54) is 83.1 Å². The van der Waals surface area contributed by atoms with E-state index in [4.69, 9.17) is 0 Å². The summed E-state index contributed by atoms with van der Waals surface area (Å²) in [7, 11) is 0. The molecule has 10 aromatic carbocycles. The summed E-state index contributed by atoms with van der Waals surface area (Å²) < 4.78 is 0. The van der Waals surface area contributed by atoms with E-state index < -0.39 is 5.41 Å². The number of hydrogen-bond donors (Lipinski definition) is 0. The van der Waals surface area contributed by atoms with Gasteiger partial charge in [0, 0.05) is 16.8 Å². The van der Waals surface area contributed by atoms with Gasteiger partial charge in [-0.2, -0.15) is 0 Å². The molecule has 11 rings (SSSR count). The Kier molecular flexibility index (Phi) is 9.70. The Balaban J connectivity index is 1.20. The summed E-state index contributed by atoms with van der Waals surface area (Å²) in [6.07, 6.45) is 0. The number of rotatable bonds is 8. The highest BCUT2D eigenvalue weighted by molar-refractivity contribution is 6.07. The zero-order valence-corrected chi connectivity index (χ0v) is 36.5. The van der Waals surface area contributed by atoms with Crippen molar-refractivity contribution in [1.82, 2.24) is 0 Å². The minimum atomic E-state index is -0.532. The molecular formula is C63H49N. The molecule has 1 heteroatoms. The summed E-state index contributed by atoms with van der Waals surface area (Å²) in [6.45, 7) is 6.81. The average molecular weight is 820 g/mol. The van der Waals surface area contributed by atoms with E-state index >= 15 is 0 Å². The van der Waals surface area contributed by atoms with Crippen molar-refractivity contribution in [1.29, 1.82) is 0 Å². The van der Waals surface area contributed by atoms with Gasteiger partial charge in [0.1, 0.15) is 0 Å². The van der Waals surface area contributed by atoms with Crippen molar-refractivity contribution in [3.05, 3.63) is 270 Å². The van der Waals surface area contributed by atoms with Gasteiger partial charge in [-0.3, -0.25) is 0 Å². The third-order valence-electron chi connectivity index (χ3n) is 13.3. The summed E-state index contributed by atoms with van der Waals surface area (Å²) in [6, 6.07) is 89.8. The van der Waals surface area contributed by atoms with Crippen molar-refractivity contribution in [2.45, 2.75) is 31.6 Å². The van der Waals surface area contributed by atoms with Crippen LogP contribution in [0.3, 0.4) is 0 Å². The van der Waals surface area contributed by atoms with Crippen LogP contribution in [0.25, 0.3) is 55.3 Å². The molecule has 1 nitrogen and oxygen atoms in total. The van der Waals surface area contributed by atoms with Crippen LogP contribution in [0.1, 0.15) is 48.6 Å². The smallest absolute Gasteiger partial charge is 0.0714 e. The van der Waals surface area contributed by atoms with Crippen molar-refractivity contribution in [2.24, 2.45) is 0 Å². The van der Waals surface area contributed by atoms with Gasteiger partial charge in [0.05, 0.1) is 16.8 Å². The Morgan fingerprint density at radius 3 is 1.56 bits per heavy atom. The third-order valence-corrected chi connectivity index (χ3v) is 13.3. The predicted octanol–water partition coefficient (Wildman–Crippen LogP) is 17.0. The first-order valence-electron chi connectivity index (χ1n) is 22.4. The fraction of sp³-hybridized carbons (Fsp3) is 0.0794. The molecule has 0 aliphatic heterocycles. The molecule has 0 atom stereocenters. The monoisotopic (exact) mass is 819 g/mol. The number of anilines is 3. The standard InChI is InChI=1S/C63H49N/c1-62(2,3)50-38-33-45(34-39-50)46-35-40-53(41-36-46)64(59-42-37-47-21-13-14-28-54(47)60(59)49-23-17-22-48(43-49)44-19-7-4-8-20-44)58-32-18-31-57-61(58)55-29-15-16-30-56(55)63(57,51-24-9-5-10-25-51)52-26-11-6-12-27-52/h4-43H,1-3H3. The molecule has 306 valence electrons. The second-order valence-electron chi connectivity index (χ2n) is 18.1. The van der Waals surface area contributed by atoms with Crippen LogP contribution in [0, 0.1) is 0 Å². The zero-order valence-electron chi connectivity index (χ0n) is 36.5. The number of nitrogens with zero attached hydrogens (tertiary/aromatic N) is 1. The Morgan fingerprint density at radius 2 is 0.875 bits per heavy atom. The molecule has 0 unspecified atom stereocenters. The molecule has 0 spiro atoms. The van der Waals surface area contributed by atoms with Crippen LogP contribution in [0.5, 0.6) is 0 Å². The van der Waals surface area contributed by atoms with Gasteiger partial charge in [0.2, 0.25) is 0 Å². The summed E-state index contributed by atoms with van der Waals surface area (Å²) in [4.78, 5) is 2.53. The minimum absolute atomic E-state index is 0.0915. The Morgan fingerprint density at radius 1 is 0.359 bits per heavy atom. The highest BCUT2D eigenvalue weighted by Crippen LogP contribution is 2.60. The second kappa shape index (κ2) is 15.9. The van der Waals surface area contributed by atoms with Crippen LogP contribution in [0.4, 0.5) is 17.1 Å². The van der Waals surface area contributed by atoms with Gasteiger partial charge in [-0.15, -0.1) is 0 Å². The first-order chi connectivity index (χ1) is 31.4. The molecule has 0 bridgehead atoms. The largest absolute Gasteiger partial charge is 0.309 e. The van der Waals surface area contributed by atoms with E-state index in [2.05, 4.69) is 268 Å². The van der Waals surface area contributed by atoms with Gasteiger partial charge in [-0.1, -0.05) is 233 Å². The lowest BCUT2D eigenvalue weighted by atomic mass is 9.68. The maximum atomic E-state index is 2.53. The normalized spacial score (nSPS) is 12.7. The predicted molar refractivity (Wildman–Crippen MR) is 271 cm³/mol. The summed E-state index contributed by atoms with van der Waals surface area (Å²) in [5.74, 6) is 0. The Bertz CT molecular complexity index is 3230. The van der Waals surface area contributed by atoms with Crippen LogP contribution in [0.2, 0.25) is 0 Å². The maximum absolute atomic E-state index is 2.53. The lowest BCUT2D eigenvalue weighted by molar-refractivity contribution is 0.590. The van der Waals surface area contributed by atoms with Gasteiger partial charge in [-0.25, -0.2) is 0 Å². The van der Waals surface area contributed by atoms with Gasteiger partial charge >= 0.3 is 0 Å². The average Bonchev–Trinajstić information content (AvgIpc) is 3.66. The lowest BCUT2D eigenvalue weighted by Crippen LogP contribution is -2.28. The molecule has 1 aliphatic carbocycles. The van der Waals surface area contributed by atoms with E-state index in [-0.39, 0.29) is 5.41 Å². The molecule has 0 saturated carbocycles. The first kappa shape index (κ1) is 39.1. The number of benzene rings is 10. The van der Waals surface area contributed by atoms with Crippen molar-refractivity contribution >= 4 is 27.8 Å². The molecule has 0 saturated heterocycles. The van der Waals surface area contributed by atoms with Crippen LogP contribution >= 0.6 is 0 Å². The van der Waals surface area contributed by atoms with Crippen molar-refractivity contribution in [3.63, 3.8) is 0 Å². The van der Waals surface area contributed by atoms with Gasteiger partial charge < -0.3 is 4.90 Å². The fourth-order valence-corrected chi connectivity index (χ4v) is 10.3. The highest BCUT2D eigenvalue weighted by atomic mass is 15.1. The van der Waals surface area contributed by atoms with E-state index in [1.807, 2.05) is 0 Å². The molecular weight excluding hydrogens is 771 g/mol. The molecule has 64 heavy (non-hydrogen) atoms. The van der Waals surface area contributed by atoms with Gasteiger partial charge in [0.25, 0.3) is 0 Å². The SMILES string of the molecule is CC(C)(C)c1ccc(-c2ccc(N(c3cccc4c3-c3ccccc3C4(c3ccccc3)c3ccccc3)c3ccc4ccccc4c3-c3cccc(-c4ccccc4)c3)cc2)cc1. The van der Waals surface area contributed by atoms with Gasteiger partial charge in [0.15, 0.2) is 0 Å². The first-order valence-corrected chi connectivity index (χ1v) is 22.4. The van der Waals surface area contributed by atoms with Crippen LogP contribution in [-0.2, 0) is 10.8 Å². The quantitative estimate of drug-likeness (QED) is 0.148. The number of hydrogen-bond acceptors (Lipinski definition) is 1. The van der Waals surface area contributed by atoms with Crippen molar-refractivity contribution in [3.8, 4) is 44.5 Å². The van der Waals surface area contributed by atoms with E-state index in [1.54, 1.807) is 0 Å². The topological polar surface area (TPSA) is 3.24 Å². The Labute approximate surface area is 377 Å². The van der Waals surface area contributed by atoms with E-state index in [0.29, 0.717) is 0 Å². The molecule has 0 amide bonds. The fourth-order valence-electron chi connectivity index (χ4n) is 10.3. The molecule has 1 aliphatic rings. The van der Waals surface area contributed by atoms with E-state index in [9.17, 15) is 0 Å². The van der Waals surface area contributed by atoms with Gasteiger partial charge in [-0.05, 0) is 108 Å². The molecule has 0 heterocycles. The highest BCUT2D eigenvalue weighted by Gasteiger charge is 2.47. The van der Waals surface area contributed by atoms with Crippen LogP contribution in [-0.4, -0.2) is 0 Å². The van der Waals surface area contributed by atoms with Crippen molar-refractivity contribution in [2.75, 3.05) is 4.90 Å². The minimum Gasteiger partial charge on any atom is -0.309 e. The summed E-state index contributed by atoms with van der Waals surface area (Å²) in [5, 5.41) is 2.41. The van der Waals surface area contributed by atoms with Crippen LogP contribution < -0.4 is 4.90 Å². The molecule has 10 aromatic rings. The zero-order chi connectivity index (χ0) is 43.3. The molecule has 0 fully saturated rings. The lowest BCUT2D eigenvalue weighted by Gasteiger charge is -2.35. The third kappa shape index (κ3) is 6.55. The Hall–Kier alpha value is -7.74. The summed E-state index contributed by atoms with van der Waals surface area (Å²) >= 11 is 0. The maximum Gasteiger partial charge on any atom is 0.0714 e. The second-order valence-corrected chi connectivity index (χ2v) is 18.1.